The molecule has 2 aromatic rings. The number of hydrogen-bond donors (Lipinski definition) is 1. The van der Waals surface area contributed by atoms with Gasteiger partial charge in [-0.2, -0.15) is 0 Å². The highest BCUT2D eigenvalue weighted by molar-refractivity contribution is 5.88. The Balaban J connectivity index is 1.69. The number of anilines is 1. The van der Waals surface area contributed by atoms with Gasteiger partial charge in [-0.3, -0.25) is 10.2 Å². The lowest BCUT2D eigenvalue weighted by Gasteiger charge is -2.38. The zero-order valence-electron chi connectivity index (χ0n) is 13.1. The highest BCUT2D eigenvalue weighted by atomic mass is 19.1. The minimum atomic E-state index is -0.433. The van der Waals surface area contributed by atoms with Crippen molar-refractivity contribution in [1.82, 2.24) is 24.3 Å². The maximum absolute atomic E-state index is 12.9. The maximum atomic E-state index is 12.9. The Morgan fingerprint density at radius 2 is 2.13 bits per heavy atom. The van der Waals surface area contributed by atoms with Crippen LogP contribution in [0.5, 0.6) is 0 Å². The smallest absolute Gasteiger partial charge is 0.323 e. The second-order valence-corrected chi connectivity index (χ2v) is 5.63. The monoisotopic (exact) mass is 318 g/mol. The molecule has 0 aliphatic carbocycles. The van der Waals surface area contributed by atoms with E-state index >= 15 is 0 Å². The number of rotatable bonds is 2. The van der Waals surface area contributed by atoms with E-state index in [1.807, 2.05) is 24.9 Å². The molecule has 1 aliphatic heterocycles. The summed E-state index contributed by atoms with van der Waals surface area (Å²) in [7, 11) is 3.97. The molecule has 8 heteroatoms. The van der Waals surface area contributed by atoms with Crippen LogP contribution in [0.3, 0.4) is 0 Å². The fourth-order valence-corrected chi connectivity index (χ4v) is 2.67. The summed E-state index contributed by atoms with van der Waals surface area (Å²) < 4.78 is 14.8. The van der Waals surface area contributed by atoms with Gasteiger partial charge in [-0.05, 0) is 19.2 Å². The maximum Gasteiger partial charge on any atom is 0.323 e. The molecule has 2 aromatic heterocycles. The summed E-state index contributed by atoms with van der Waals surface area (Å²) in [6, 6.07) is 2.51. The third-order valence-corrected chi connectivity index (χ3v) is 4.05. The fraction of sp³-hybridized carbons (Fsp3) is 0.400. The molecule has 2 amide bonds. The first-order valence-electron chi connectivity index (χ1n) is 7.39. The van der Waals surface area contributed by atoms with Crippen LogP contribution >= 0.6 is 0 Å². The summed E-state index contributed by atoms with van der Waals surface area (Å²) in [6.45, 7) is 1.90. The van der Waals surface area contributed by atoms with Gasteiger partial charge < -0.3 is 9.47 Å². The highest BCUT2D eigenvalue weighted by Gasteiger charge is 2.30. The first kappa shape index (κ1) is 15.4. The summed E-state index contributed by atoms with van der Waals surface area (Å²) in [5.41, 5.74) is 0. The summed E-state index contributed by atoms with van der Waals surface area (Å²) in [4.78, 5) is 24.5. The molecular formula is C15H19FN6O. The van der Waals surface area contributed by atoms with Gasteiger partial charge >= 0.3 is 6.03 Å². The van der Waals surface area contributed by atoms with Gasteiger partial charge in [0.05, 0.1) is 12.2 Å². The van der Waals surface area contributed by atoms with Gasteiger partial charge in [0.15, 0.2) is 0 Å². The van der Waals surface area contributed by atoms with Crippen LogP contribution in [0.2, 0.25) is 0 Å². The molecule has 23 heavy (non-hydrogen) atoms. The number of halogens is 1. The number of imidazole rings is 1. The number of hydrogen-bond acceptors (Lipinski definition) is 4. The number of aryl methyl sites for hydroxylation is 1. The van der Waals surface area contributed by atoms with Crippen LogP contribution in [-0.4, -0.2) is 57.0 Å². The van der Waals surface area contributed by atoms with E-state index in [-0.39, 0.29) is 12.1 Å². The molecule has 0 aromatic carbocycles. The standard InChI is InChI=1S/C15H19FN6O/c1-20-7-8-22(10-12(20)14-17-5-6-21(14)2)15(23)19-13-4-3-11(16)9-18-13/h3-6,9,12H,7-8,10H2,1-2H3,(H,18,19,23)/t12-/m0/s1. The summed E-state index contributed by atoms with van der Waals surface area (Å²) in [5.74, 6) is 0.825. The fourth-order valence-electron chi connectivity index (χ4n) is 2.67. The van der Waals surface area contributed by atoms with Crippen LogP contribution in [0, 0.1) is 5.82 Å². The molecule has 1 aliphatic rings. The predicted molar refractivity (Wildman–Crippen MR) is 83.4 cm³/mol. The molecule has 7 nitrogen and oxygen atoms in total. The third kappa shape index (κ3) is 3.31. The van der Waals surface area contributed by atoms with E-state index in [0.29, 0.717) is 18.9 Å². The summed E-state index contributed by atoms with van der Waals surface area (Å²) in [5, 5.41) is 2.70. The lowest BCUT2D eigenvalue weighted by molar-refractivity contribution is 0.110. The molecule has 0 radical (unpaired) electrons. The van der Waals surface area contributed by atoms with Gasteiger partial charge in [0, 0.05) is 39.1 Å². The number of carbonyl (C=O) groups excluding carboxylic acids is 1. The van der Waals surface area contributed by atoms with E-state index in [1.54, 1.807) is 11.1 Å². The number of nitrogens with zero attached hydrogens (tertiary/aromatic N) is 5. The van der Waals surface area contributed by atoms with Crippen LogP contribution in [-0.2, 0) is 7.05 Å². The predicted octanol–water partition coefficient (Wildman–Crippen LogP) is 1.47. The van der Waals surface area contributed by atoms with Gasteiger partial charge in [-0.25, -0.2) is 19.2 Å². The summed E-state index contributed by atoms with van der Waals surface area (Å²) in [6.07, 6.45) is 4.73. The second kappa shape index (κ2) is 6.33. The number of nitrogens with one attached hydrogen (secondary N) is 1. The minimum Gasteiger partial charge on any atom is -0.337 e. The van der Waals surface area contributed by atoms with Crippen molar-refractivity contribution in [1.29, 1.82) is 0 Å². The third-order valence-electron chi connectivity index (χ3n) is 4.05. The van der Waals surface area contributed by atoms with E-state index in [9.17, 15) is 9.18 Å². The minimum absolute atomic E-state index is 0.0377. The molecule has 3 heterocycles. The number of pyridine rings is 1. The summed E-state index contributed by atoms with van der Waals surface area (Å²) >= 11 is 0. The topological polar surface area (TPSA) is 66.3 Å². The van der Waals surface area contributed by atoms with Gasteiger partial charge in [-0.15, -0.1) is 0 Å². The Labute approximate surface area is 133 Å². The molecule has 122 valence electrons. The molecule has 0 spiro atoms. The number of piperazine rings is 1. The van der Waals surface area contributed by atoms with E-state index in [2.05, 4.69) is 20.2 Å². The highest BCUT2D eigenvalue weighted by Crippen LogP contribution is 2.22. The number of carbonyl (C=O) groups is 1. The number of likely N-dealkylation sites (N-methyl/N-ethyl adjacent to an activating group) is 1. The van der Waals surface area contributed by atoms with Crippen molar-refractivity contribution in [3.8, 4) is 0 Å². The normalized spacial score (nSPS) is 18.9. The molecule has 1 fully saturated rings. The lowest BCUT2D eigenvalue weighted by atomic mass is 10.1. The largest absolute Gasteiger partial charge is 0.337 e. The first-order valence-corrected chi connectivity index (χ1v) is 7.39. The van der Waals surface area contributed by atoms with E-state index in [0.717, 1.165) is 18.6 Å². The van der Waals surface area contributed by atoms with Crippen LogP contribution < -0.4 is 5.32 Å². The van der Waals surface area contributed by atoms with E-state index < -0.39 is 5.82 Å². The van der Waals surface area contributed by atoms with Gasteiger partial charge in [-0.1, -0.05) is 0 Å². The molecule has 0 saturated carbocycles. The average Bonchev–Trinajstić information content (AvgIpc) is 2.96. The number of amides is 2. The molecule has 1 atom stereocenters. The number of urea groups is 1. The van der Waals surface area contributed by atoms with Gasteiger partial charge in [0.1, 0.15) is 17.5 Å². The van der Waals surface area contributed by atoms with E-state index in [4.69, 9.17) is 0 Å². The van der Waals surface area contributed by atoms with Crippen LogP contribution in [0.4, 0.5) is 15.0 Å². The first-order chi connectivity index (χ1) is 11.0. The zero-order valence-corrected chi connectivity index (χ0v) is 13.1. The second-order valence-electron chi connectivity index (χ2n) is 5.63. The van der Waals surface area contributed by atoms with E-state index in [1.165, 1.54) is 12.1 Å². The van der Waals surface area contributed by atoms with Crippen molar-refractivity contribution < 1.29 is 9.18 Å². The zero-order chi connectivity index (χ0) is 16.4. The van der Waals surface area contributed by atoms with Gasteiger partial charge in [0.2, 0.25) is 0 Å². The van der Waals surface area contributed by atoms with Crippen molar-refractivity contribution in [2.75, 3.05) is 32.0 Å². The molecule has 0 unspecified atom stereocenters. The molecule has 1 saturated heterocycles. The van der Waals surface area contributed by atoms with Crippen molar-refractivity contribution in [2.45, 2.75) is 6.04 Å². The van der Waals surface area contributed by atoms with Crippen molar-refractivity contribution in [3.63, 3.8) is 0 Å². The lowest BCUT2D eigenvalue weighted by Crippen LogP contribution is -2.50. The van der Waals surface area contributed by atoms with Crippen molar-refractivity contribution in [2.24, 2.45) is 7.05 Å². The molecule has 3 rings (SSSR count). The van der Waals surface area contributed by atoms with Crippen molar-refractivity contribution >= 4 is 11.8 Å². The van der Waals surface area contributed by atoms with Crippen LogP contribution in [0.25, 0.3) is 0 Å². The quantitative estimate of drug-likeness (QED) is 0.911. The van der Waals surface area contributed by atoms with Crippen LogP contribution in [0.1, 0.15) is 11.9 Å². The Kier molecular flexibility index (Phi) is 4.24. The Morgan fingerprint density at radius 3 is 2.78 bits per heavy atom. The van der Waals surface area contributed by atoms with Crippen LogP contribution in [0.15, 0.2) is 30.7 Å². The molecular weight excluding hydrogens is 299 g/mol. The Bertz CT molecular complexity index is 686. The SMILES string of the molecule is CN1CCN(C(=O)Nc2ccc(F)cn2)C[C@H]1c1nccn1C. The Hall–Kier alpha value is -2.48. The Morgan fingerprint density at radius 1 is 1.30 bits per heavy atom. The molecule has 0 bridgehead atoms. The number of aromatic nitrogens is 3. The molecule has 1 N–H and O–H groups in total. The van der Waals surface area contributed by atoms with Crippen molar-refractivity contribution in [3.05, 3.63) is 42.4 Å². The van der Waals surface area contributed by atoms with Gasteiger partial charge in [0.25, 0.3) is 0 Å². The average molecular weight is 318 g/mol.